The average Bonchev–Trinajstić information content (AvgIpc) is 2.24. The van der Waals surface area contributed by atoms with E-state index in [2.05, 4.69) is 15.6 Å². The van der Waals surface area contributed by atoms with Crippen molar-refractivity contribution in [2.75, 3.05) is 11.9 Å². The number of anilines is 1. The monoisotopic (exact) mass is 262 g/mol. The molecular formula is C11H13F3N2O2. The van der Waals surface area contributed by atoms with Crippen molar-refractivity contribution < 1.29 is 22.8 Å². The third kappa shape index (κ3) is 5.65. The first-order valence-corrected chi connectivity index (χ1v) is 5.15. The van der Waals surface area contributed by atoms with Crippen molar-refractivity contribution in [2.24, 2.45) is 0 Å². The van der Waals surface area contributed by atoms with Gasteiger partial charge < -0.3 is 5.32 Å². The summed E-state index contributed by atoms with van der Waals surface area (Å²) in [6, 6.07) is 6.76. The minimum absolute atomic E-state index is 0.0620. The summed E-state index contributed by atoms with van der Waals surface area (Å²) in [5.41, 5.74) is 3.37. The second-order valence-corrected chi connectivity index (χ2v) is 3.56. The normalized spacial score (nSPS) is 11.3. The van der Waals surface area contributed by atoms with Crippen LogP contribution in [0.2, 0.25) is 0 Å². The van der Waals surface area contributed by atoms with E-state index in [1.807, 2.05) is 0 Å². The van der Waals surface area contributed by atoms with E-state index >= 15 is 0 Å². The van der Waals surface area contributed by atoms with E-state index in [0.717, 1.165) is 0 Å². The molecule has 0 radical (unpaired) electrons. The van der Waals surface area contributed by atoms with E-state index < -0.39 is 12.8 Å². The standard InChI is InChI=1S/C11H13F3N2O2/c1-8(17)16-10-5-3-2-4-9(10)6-15-18-7-11(12,13)14/h2-5,15H,6-7H2,1H3,(H,16,17). The minimum atomic E-state index is -4.37. The summed E-state index contributed by atoms with van der Waals surface area (Å²) in [5.74, 6) is -0.251. The molecule has 0 saturated heterocycles. The van der Waals surface area contributed by atoms with Crippen LogP contribution in [0.1, 0.15) is 12.5 Å². The van der Waals surface area contributed by atoms with Crippen LogP contribution in [0.3, 0.4) is 0 Å². The number of alkyl halides is 3. The molecule has 0 aliphatic rings. The zero-order valence-corrected chi connectivity index (χ0v) is 9.67. The average molecular weight is 262 g/mol. The lowest BCUT2D eigenvalue weighted by Crippen LogP contribution is -2.24. The van der Waals surface area contributed by atoms with Crippen molar-refractivity contribution >= 4 is 11.6 Å². The van der Waals surface area contributed by atoms with E-state index in [4.69, 9.17) is 0 Å². The van der Waals surface area contributed by atoms with Gasteiger partial charge in [-0.15, -0.1) is 0 Å². The fourth-order valence-corrected chi connectivity index (χ4v) is 1.25. The Kier molecular flexibility index (Phi) is 5.11. The van der Waals surface area contributed by atoms with Crippen LogP contribution in [0.5, 0.6) is 0 Å². The lowest BCUT2D eigenvalue weighted by atomic mass is 10.2. The fourth-order valence-electron chi connectivity index (χ4n) is 1.25. The first-order chi connectivity index (χ1) is 8.38. The lowest BCUT2D eigenvalue weighted by Gasteiger charge is -2.11. The van der Waals surface area contributed by atoms with Gasteiger partial charge in [0, 0.05) is 19.2 Å². The first kappa shape index (κ1) is 14.5. The van der Waals surface area contributed by atoms with Gasteiger partial charge in [0.2, 0.25) is 5.91 Å². The molecule has 0 spiro atoms. The molecule has 0 heterocycles. The fraction of sp³-hybridized carbons (Fsp3) is 0.364. The molecule has 0 fully saturated rings. The SMILES string of the molecule is CC(=O)Nc1ccccc1CNOCC(F)(F)F. The number of hydroxylamine groups is 1. The van der Waals surface area contributed by atoms with Crippen molar-refractivity contribution in [1.29, 1.82) is 0 Å². The number of rotatable bonds is 5. The third-order valence-electron chi connectivity index (χ3n) is 1.93. The Morgan fingerprint density at radius 3 is 2.61 bits per heavy atom. The van der Waals surface area contributed by atoms with Gasteiger partial charge in [-0.05, 0) is 11.6 Å². The molecule has 0 atom stereocenters. The van der Waals surface area contributed by atoms with Gasteiger partial charge in [0.05, 0.1) is 0 Å². The Morgan fingerprint density at radius 2 is 2.00 bits per heavy atom. The van der Waals surface area contributed by atoms with E-state index in [1.54, 1.807) is 24.3 Å². The van der Waals surface area contributed by atoms with Crippen LogP contribution in [0.15, 0.2) is 24.3 Å². The number of nitrogens with one attached hydrogen (secondary N) is 2. The van der Waals surface area contributed by atoms with Crippen molar-refractivity contribution in [1.82, 2.24) is 5.48 Å². The van der Waals surface area contributed by atoms with E-state index in [9.17, 15) is 18.0 Å². The highest BCUT2D eigenvalue weighted by Crippen LogP contribution is 2.16. The van der Waals surface area contributed by atoms with Crippen LogP contribution in [0.4, 0.5) is 18.9 Å². The van der Waals surface area contributed by atoms with Crippen LogP contribution in [-0.2, 0) is 16.2 Å². The third-order valence-corrected chi connectivity index (χ3v) is 1.93. The van der Waals surface area contributed by atoms with Crippen molar-refractivity contribution in [3.8, 4) is 0 Å². The first-order valence-electron chi connectivity index (χ1n) is 5.15. The summed E-state index contributed by atoms with van der Waals surface area (Å²) in [5, 5.41) is 2.57. The summed E-state index contributed by atoms with van der Waals surface area (Å²) in [6.45, 7) is 0.0478. The molecular weight excluding hydrogens is 249 g/mol. The molecule has 2 N–H and O–H groups in total. The van der Waals surface area contributed by atoms with E-state index in [0.29, 0.717) is 11.3 Å². The Labute approximate surface area is 102 Å². The highest BCUT2D eigenvalue weighted by atomic mass is 19.4. The van der Waals surface area contributed by atoms with E-state index in [1.165, 1.54) is 6.92 Å². The summed E-state index contributed by atoms with van der Waals surface area (Å²) in [7, 11) is 0. The summed E-state index contributed by atoms with van der Waals surface area (Å²) < 4.78 is 35.4. The molecule has 1 amide bonds. The predicted octanol–water partition coefficient (Wildman–Crippen LogP) is 2.23. The van der Waals surface area contributed by atoms with Gasteiger partial charge in [-0.2, -0.15) is 18.7 Å². The number of benzene rings is 1. The topological polar surface area (TPSA) is 50.4 Å². The Morgan fingerprint density at radius 1 is 1.33 bits per heavy atom. The second-order valence-electron chi connectivity index (χ2n) is 3.56. The highest BCUT2D eigenvalue weighted by molar-refractivity contribution is 5.89. The summed E-state index contributed by atoms with van der Waals surface area (Å²) >= 11 is 0. The van der Waals surface area contributed by atoms with Gasteiger partial charge in [0.25, 0.3) is 0 Å². The number of hydrogen-bond acceptors (Lipinski definition) is 3. The second kappa shape index (κ2) is 6.36. The van der Waals surface area contributed by atoms with Crippen LogP contribution in [0, 0.1) is 0 Å². The summed E-state index contributed by atoms with van der Waals surface area (Å²) in [4.78, 5) is 15.2. The Hall–Kier alpha value is -1.60. The zero-order chi connectivity index (χ0) is 13.6. The number of hydrogen-bond donors (Lipinski definition) is 2. The molecule has 18 heavy (non-hydrogen) atoms. The van der Waals surface area contributed by atoms with Crippen molar-refractivity contribution in [3.63, 3.8) is 0 Å². The quantitative estimate of drug-likeness (QED) is 0.632. The number of amides is 1. The minimum Gasteiger partial charge on any atom is -0.326 e. The van der Waals surface area contributed by atoms with Gasteiger partial charge in [0.1, 0.15) is 0 Å². The molecule has 1 rings (SSSR count). The molecule has 0 aliphatic carbocycles. The molecule has 0 bridgehead atoms. The maximum Gasteiger partial charge on any atom is 0.413 e. The van der Waals surface area contributed by atoms with Crippen LogP contribution in [0.25, 0.3) is 0 Å². The number of carbonyl (C=O) groups excluding carboxylic acids is 1. The molecule has 0 aromatic heterocycles. The molecule has 0 unspecified atom stereocenters. The molecule has 1 aromatic rings. The largest absolute Gasteiger partial charge is 0.413 e. The molecule has 7 heteroatoms. The van der Waals surface area contributed by atoms with Crippen LogP contribution < -0.4 is 10.8 Å². The van der Waals surface area contributed by atoms with Gasteiger partial charge in [-0.25, -0.2) is 0 Å². The maximum atomic E-state index is 11.8. The molecule has 100 valence electrons. The number of halogens is 3. The Balaban J connectivity index is 2.49. The van der Waals surface area contributed by atoms with Gasteiger partial charge in [-0.1, -0.05) is 18.2 Å². The smallest absolute Gasteiger partial charge is 0.326 e. The van der Waals surface area contributed by atoms with E-state index in [-0.39, 0.29) is 12.5 Å². The number of carbonyl (C=O) groups is 1. The van der Waals surface area contributed by atoms with Gasteiger partial charge in [-0.3, -0.25) is 9.63 Å². The lowest BCUT2D eigenvalue weighted by molar-refractivity contribution is -0.190. The van der Waals surface area contributed by atoms with Gasteiger partial charge >= 0.3 is 6.18 Å². The molecule has 4 nitrogen and oxygen atoms in total. The molecule has 1 aromatic carbocycles. The molecule has 0 saturated carbocycles. The summed E-state index contributed by atoms with van der Waals surface area (Å²) in [6.07, 6.45) is -4.37. The zero-order valence-electron chi connectivity index (χ0n) is 9.67. The van der Waals surface area contributed by atoms with Crippen molar-refractivity contribution in [3.05, 3.63) is 29.8 Å². The molecule has 0 aliphatic heterocycles. The predicted molar refractivity (Wildman–Crippen MR) is 59.6 cm³/mol. The number of para-hydroxylation sites is 1. The Bertz CT molecular complexity index is 408. The van der Waals surface area contributed by atoms with Crippen LogP contribution >= 0.6 is 0 Å². The van der Waals surface area contributed by atoms with Gasteiger partial charge in [0.15, 0.2) is 6.61 Å². The highest BCUT2D eigenvalue weighted by Gasteiger charge is 2.27. The van der Waals surface area contributed by atoms with Crippen molar-refractivity contribution in [2.45, 2.75) is 19.6 Å². The maximum absolute atomic E-state index is 11.8. The van der Waals surface area contributed by atoms with Crippen LogP contribution in [-0.4, -0.2) is 18.7 Å².